The van der Waals surface area contributed by atoms with Crippen LogP contribution in [0.25, 0.3) is 22.0 Å². The molecule has 4 aromatic rings. The van der Waals surface area contributed by atoms with Gasteiger partial charge in [-0.05, 0) is 68.1 Å². The number of halogens is 1. The highest BCUT2D eigenvalue weighted by Gasteiger charge is 2.26. The molecule has 0 saturated carbocycles. The maximum atomic E-state index is 13.2. The average molecular weight is 541 g/mol. The van der Waals surface area contributed by atoms with Gasteiger partial charge in [-0.2, -0.15) is 10.6 Å². The van der Waals surface area contributed by atoms with Crippen molar-refractivity contribution in [3.05, 3.63) is 76.3 Å². The van der Waals surface area contributed by atoms with Crippen molar-refractivity contribution in [1.29, 1.82) is 0 Å². The molecule has 37 heavy (non-hydrogen) atoms. The first-order valence-corrected chi connectivity index (χ1v) is 14.4. The molecule has 3 heterocycles. The van der Waals surface area contributed by atoms with Gasteiger partial charge in [0, 0.05) is 45.8 Å². The predicted molar refractivity (Wildman–Crippen MR) is 149 cm³/mol. The fourth-order valence-corrected chi connectivity index (χ4v) is 6.44. The molecule has 0 radical (unpaired) electrons. The number of carbonyl (C=O) groups is 1. The number of hydrogen-bond donors (Lipinski definition) is 4. The van der Waals surface area contributed by atoms with Crippen LogP contribution in [0.2, 0.25) is 5.02 Å². The van der Waals surface area contributed by atoms with E-state index in [0.29, 0.717) is 47.1 Å². The Morgan fingerprint density at radius 2 is 1.92 bits per heavy atom. The third-order valence-corrected chi connectivity index (χ3v) is 8.67. The van der Waals surface area contributed by atoms with Gasteiger partial charge >= 0.3 is 0 Å². The van der Waals surface area contributed by atoms with E-state index in [1.807, 2.05) is 56.3 Å². The number of anilines is 1. The minimum absolute atomic E-state index is 0.116. The molecule has 1 aliphatic rings. The van der Waals surface area contributed by atoms with Crippen molar-refractivity contribution in [3.63, 3.8) is 0 Å². The van der Waals surface area contributed by atoms with Crippen molar-refractivity contribution in [2.24, 2.45) is 0 Å². The molecule has 1 amide bonds. The van der Waals surface area contributed by atoms with E-state index < -0.39 is 10.6 Å². The number of amides is 1. The number of fused-ring (bicyclic) bond motifs is 1. The third-order valence-electron chi connectivity index (χ3n) is 6.66. The summed E-state index contributed by atoms with van der Waals surface area (Å²) in [4.78, 5) is 17.8. The maximum Gasteiger partial charge on any atom is 0.270 e. The van der Waals surface area contributed by atoms with Crippen molar-refractivity contribution in [2.75, 3.05) is 16.8 Å². The van der Waals surface area contributed by atoms with Crippen LogP contribution >= 0.6 is 22.2 Å². The van der Waals surface area contributed by atoms with Crippen LogP contribution in [-0.2, 0) is 6.54 Å². The number of nitrogens with one attached hydrogen (secondary N) is 2. The lowest BCUT2D eigenvalue weighted by atomic mass is 10.0. The SMILES string of the molecule is Cc1noc(C)c1-c1ccc2nc(C(=O)NC3CCS(O)(O)CC3)cc(NCc3cccc(Cl)c3)c2c1. The van der Waals surface area contributed by atoms with Gasteiger partial charge in [-0.3, -0.25) is 13.9 Å². The number of benzene rings is 2. The largest absolute Gasteiger partial charge is 0.380 e. The Hall–Kier alpha value is -3.11. The molecule has 1 aliphatic heterocycles. The molecular weight excluding hydrogens is 512 g/mol. The summed E-state index contributed by atoms with van der Waals surface area (Å²) in [6, 6.07) is 15.1. The number of hydrogen-bond acceptors (Lipinski definition) is 7. The Kier molecular flexibility index (Phi) is 7.13. The van der Waals surface area contributed by atoms with Crippen LogP contribution in [0, 0.1) is 13.8 Å². The molecule has 10 heteroatoms. The van der Waals surface area contributed by atoms with Crippen LogP contribution in [0.5, 0.6) is 0 Å². The molecule has 0 unspecified atom stereocenters. The van der Waals surface area contributed by atoms with Crippen LogP contribution in [-0.4, -0.2) is 42.7 Å². The fraction of sp³-hybridized carbons (Fsp3) is 0.296. The molecule has 8 nitrogen and oxygen atoms in total. The minimum Gasteiger partial charge on any atom is -0.380 e. The molecular formula is C27H29ClN4O4S. The summed E-state index contributed by atoms with van der Waals surface area (Å²) in [5.41, 5.74) is 5.44. The zero-order valence-electron chi connectivity index (χ0n) is 20.6. The number of pyridine rings is 1. The van der Waals surface area contributed by atoms with E-state index in [4.69, 9.17) is 16.1 Å². The highest BCUT2D eigenvalue weighted by Crippen LogP contribution is 2.44. The number of rotatable bonds is 6. The molecule has 5 rings (SSSR count). The van der Waals surface area contributed by atoms with Gasteiger partial charge in [0.05, 0.1) is 11.2 Å². The van der Waals surface area contributed by atoms with Crippen LogP contribution in [0.15, 0.2) is 53.1 Å². The van der Waals surface area contributed by atoms with E-state index >= 15 is 0 Å². The van der Waals surface area contributed by atoms with E-state index in [1.54, 1.807) is 6.07 Å². The van der Waals surface area contributed by atoms with Crippen molar-refractivity contribution < 1.29 is 18.4 Å². The fourth-order valence-electron chi connectivity index (χ4n) is 4.70. The van der Waals surface area contributed by atoms with Gasteiger partial charge in [-0.1, -0.05) is 35.0 Å². The third kappa shape index (κ3) is 5.75. The molecule has 1 fully saturated rings. The highest BCUT2D eigenvalue weighted by molar-refractivity contribution is 8.24. The van der Waals surface area contributed by atoms with Crippen molar-refractivity contribution in [2.45, 2.75) is 39.3 Å². The van der Waals surface area contributed by atoms with Gasteiger partial charge in [-0.25, -0.2) is 4.98 Å². The highest BCUT2D eigenvalue weighted by atomic mass is 35.5. The van der Waals surface area contributed by atoms with Gasteiger partial charge in [0.1, 0.15) is 11.5 Å². The van der Waals surface area contributed by atoms with Gasteiger partial charge in [0.2, 0.25) is 0 Å². The smallest absolute Gasteiger partial charge is 0.270 e. The lowest BCUT2D eigenvalue weighted by Gasteiger charge is -2.39. The lowest BCUT2D eigenvalue weighted by molar-refractivity contribution is 0.0929. The predicted octanol–water partition coefficient (Wildman–Crippen LogP) is 6.41. The van der Waals surface area contributed by atoms with Crippen LogP contribution in [0.4, 0.5) is 5.69 Å². The Morgan fingerprint density at radius 1 is 1.14 bits per heavy atom. The number of aryl methyl sites for hydroxylation is 2. The summed E-state index contributed by atoms with van der Waals surface area (Å²) in [7, 11) is -2.51. The monoisotopic (exact) mass is 540 g/mol. The van der Waals surface area contributed by atoms with Crippen LogP contribution in [0.3, 0.4) is 0 Å². The average Bonchev–Trinajstić information content (AvgIpc) is 3.21. The maximum absolute atomic E-state index is 13.2. The number of nitrogens with zero attached hydrogens (tertiary/aromatic N) is 2. The summed E-state index contributed by atoms with van der Waals surface area (Å²) in [5.74, 6) is 1.06. The molecule has 0 spiro atoms. The van der Waals surface area contributed by atoms with E-state index in [0.717, 1.165) is 39.2 Å². The first-order chi connectivity index (χ1) is 17.7. The molecule has 0 bridgehead atoms. The zero-order valence-corrected chi connectivity index (χ0v) is 22.2. The summed E-state index contributed by atoms with van der Waals surface area (Å²) in [6.45, 7) is 4.30. The molecule has 0 atom stereocenters. The Balaban J connectivity index is 1.49. The molecule has 2 aromatic heterocycles. The molecule has 194 valence electrons. The summed E-state index contributed by atoms with van der Waals surface area (Å²) in [5, 5.41) is 12.1. The topological polar surface area (TPSA) is 121 Å². The molecule has 1 saturated heterocycles. The first kappa shape index (κ1) is 25.5. The Labute approximate surface area is 221 Å². The lowest BCUT2D eigenvalue weighted by Crippen LogP contribution is -2.40. The number of carbonyl (C=O) groups excluding carboxylic acids is 1. The normalized spacial score (nSPS) is 16.5. The van der Waals surface area contributed by atoms with Crippen LogP contribution < -0.4 is 10.6 Å². The van der Waals surface area contributed by atoms with Crippen molar-refractivity contribution in [1.82, 2.24) is 15.5 Å². The quantitative estimate of drug-likeness (QED) is 0.223. The van der Waals surface area contributed by atoms with Crippen molar-refractivity contribution in [3.8, 4) is 11.1 Å². The van der Waals surface area contributed by atoms with Crippen LogP contribution in [0.1, 0.15) is 40.3 Å². The van der Waals surface area contributed by atoms with E-state index in [-0.39, 0.29) is 11.9 Å². The second kappa shape index (κ2) is 10.3. The van der Waals surface area contributed by atoms with Gasteiger partial charge in [0.15, 0.2) is 0 Å². The molecule has 0 aliphatic carbocycles. The summed E-state index contributed by atoms with van der Waals surface area (Å²) >= 11 is 6.17. The van der Waals surface area contributed by atoms with E-state index in [9.17, 15) is 13.9 Å². The van der Waals surface area contributed by atoms with E-state index in [1.165, 1.54) is 0 Å². The minimum atomic E-state index is -2.51. The Morgan fingerprint density at radius 3 is 2.62 bits per heavy atom. The van der Waals surface area contributed by atoms with Gasteiger partial charge < -0.3 is 15.2 Å². The van der Waals surface area contributed by atoms with Crippen molar-refractivity contribution >= 4 is 44.7 Å². The summed E-state index contributed by atoms with van der Waals surface area (Å²) in [6.07, 6.45) is 1.06. The second-order valence-electron chi connectivity index (χ2n) is 9.43. The summed E-state index contributed by atoms with van der Waals surface area (Å²) < 4.78 is 25.1. The zero-order chi connectivity index (χ0) is 26.2. The molecule has 4 N–H and O–H groups in total. The van der Waals surface area contributed by atoms with Gasteiger partial charge in [-0.15, -0.1) is 0 Å². The van der Waals surface area contributed by atoms with Gasteiger partial charge in [0.25, 0.3) is 5.91 Å². The van der Waals surface area contributed by atoms with E-state index in [2.05, 4.69) is 20.8 Å². The standard InChI is InChI=1S/C27H29ClN4O4S/c1-16-26(17(2)36-32-16)19-6-7-23-22(13-19)24(29-15-18-4-3-5-20(28)12-18)14-25(31-23)27(33)30-21-8-10-37(34,35)11-9-21/h3-7,12-14,21,34-35H,8-11,15H2,1-2H3,(H,29,31)(H,30,33). The first-order valence-electron chi connectivity index (χ1n) is 12.1. The molecule has 2 aromatic carbocycles. The second-order valence-corrected chi connectivity index (χ2v) is 12.3. The Bertz CT molecular complexity index is 1440. The number of aromatic nitrogens is 2.